The molecular formula is C30H35NO6S. The van der Waals surface area contributed by atoms with E-state index in [4.69, 9.17) is 14.2 Å². The van der Waals surface area contributed by atoms with Crippen molar-refractivity contribution in [2.24, 2.45) is 0 Å². The number of hydrogen-bond acceptors (Lipinski definition) is 7. The van der Waals surface area contributed by atoms with E-state index in [1.165, 1.54) is 22.5 Å². The second kappa shape index (κ2) is 12.9. The Kier molecular flexibility index (Phi) is 9.39. The summed E-state index contributed by atoms with van der Waals surface area (Å²) in [5.41, 5.74) is 5.02. The van der Waals surface area contributed by atoms with Gasteiger partial charge >= 0.3 is 11.9 Å². The zero-order chi connectivity index (χ0) is 27.1. The molecular weight excluding hydrogens is 502 g/mol. The molecule has 38 heavy (non-hydrogen) atoms. The maximum atomic E-state index is 11.9. The lowest BCUT2D eigenvalue weighted by Gasteiger charge is -2.14. The van der Waals surface area contributed by atoms with Crippen molar-refractivity contribution in [1.82, 2.24) is 4.98 Å². The monoisotopic (exact) mass is 537 g/mol. The summed E-state index contributed by atoms with van der Waals surface area (Å²) in [5, 5.41) is 10.1. The molecule has 1 atom stereocenters. The van der Waals surface area contributed by atoms with Crippen LogP contribution in [0.25, 0.3) is 10.6 Å². The Morgan fingerprint density at radius 3 is 2.66 bits per heavy atom. The average molecular weight is 538 g/mol. The number of aromatic nitrogens is 1. The Morgan fingerprint density at radius 1 is 1.11 bits per heavy atom. The van der Waals surface area contributed by atoms with E-state index in [0.717, 1.165) is 54.7 Å². The van der Waals surface area contributed by atoms with E-state index in [-0.39, 0.29) is 16.8 Å². The van der Waals surface area contributed by atoms with Crippen LogP contribution in [0.3, 0.4) is 0 Å². The molecule has 3 aromatic rings. The Bertz CT molecular complexity index is 1280. The first kappa shape index (κ1) is 27.6. The number of nitrogens with zero attached hydrogens (tertiary/aromatic N) is 1. The van der Waals surface area contributed by atoms with Gasteiger partial charge in [0.2, 0.25) is 0 Å². The number of aryl methyl sites for hydroxylation is 3. The Hall–Kier alpha value is -3.39. The molecule has 202 valence electrons. The van der Waals surface area contributed by atoms with Crippen molar-refractivity contribution in [1.29, 1.82) is 0 Å². The van der Waals surface area contributed by atoms with E-state index in [1.807, 2.05) is 25.1 Å². The topological polar surface area (TPSA) is 95.0 Å². The first-order valence-electron chi connectivity index (χ1n) is 13.3. The van der Waals surface area contributed by atoms with Crippen LogP contribution in [-0.4, -0.2) is 41.8 Å². The Labute approximate surface area is 227 Å². The molecule has 2 aromatic carbocycles. The van der Waals surface area contributed by atoms with Gasteiger partial charge in [-0.2, -0.15) is 0 Å². The number of thiazole rings is 1. The third kappa shape index (κ3) is 6.72. The van der Waals surface area contributed by atoms with E-state index < -0.39 is 5.97 Å². The van der Waals surface area contributed by atoms with Crippen LogP contribution in [0.15, 0.2) is 36.4 Å². The van der Waals surface area contributed by atoms with Crippen molar-refractivity contribution >= 4 is 23.3 Å². The fourth-order valence-corrected chi connectivity index (χ4v) is 5.77. The molecule has 8 heteroatoms. The molecule has 0 saturated heterocycles. The molecule has 0 unspecified atom stereocenters. The van der Waals surface area contributed by atoms with Gasteiger partial charge in [0.15, 0.2) is 0 Å². The van der Waals surface area contributed by atoms with Crippen molar-refractivity contribution < 1.29 is 28.9 Å². The quantitative estimate of drug-likeness (QED) is 0.194. The standard InChI is InChI=1S/C30H35NO6S/c1-4-7-22-16-23(29-31-19(3)28(38-29)30(33)34)10-13-26(22)37-15-6-14-36-24-11-12-25-20(17-24)8-9-21(25)18-27(32)35-5-2/h10-13,16-17,21H,4-9,14-15,18H2,1-3H3,(H,33,34)/t21-/m0/s1. The first-order chi connectivity index (χ1) is 18.4. The third-order valence-electron chi connectivity index (χ3n) is 6.67. The van der Waals surface area contributed by atoms with Crippen LogP contribution < -0.4 is 9.47 Å². The minimum Gasteiger partial charge on any atom is -0.493 e. The van der Waals surface area contributed by atoms with Gasteiger partial charge in [-0.05, 0) is 86.1 Å². The van der Waals surface area contributed by atoms with E-state index >= 15 is 0 Å². The summed E-state index contributed by atoms with van der Waals surface area (Å²) in [6.07, 6.45) is 4.93. The van der Waals surface area contributed by atoms with Gasteiger partial charge in [-0.15, -0.1) is 11.3 Å². The van der Waals surface area contributed by atoms with Crippen LogP contribution in [-0.2, 0) is 22.4 Å². The molecule has 0 radical (unpaired) electrons. The SMILES string of the molecule is CCCc1cc(-c2nc(C)c(C(=O)O)s2)ccc1OCCCOc1ccc2c(c1)CC[C@H]2CC(=O)OCC. The molecule has 1 heterocycles. The van der Waals surface area contributed by atoms with Gasteiger partial charge in [-0.25, -0.2) is 9.78 Å². The number of carboxylic acid groups (broad SMARTS) is 1. The van der Waals surface area contributed by atoms with Crippen LogP contribution in [0.1, 0.15) is 77.5 Å². The maximum Gasteiger partial charge on any atom is 0.347 e. The van der Waals surface area contributed by atoms with Crippen LogP contribution in [0, 0.1) is 6.92 Å². The minimum atomic E-state index is -0.944. The summed E-state index contributed by atoms with van der Waals surface area (Å²) >= 11 is 1.20. The number of aromatic carboxylic acids is 1. The molecule has 1 aliphatic rings. The van der Waals surface area contributed by atoms with Crippen molar-refractivity contribution in [3.05, 3.63) is 63.7 Å². The zero-order valence-electron chi connectivity index (χ0n) is 22.2. The summed E-state index contributed by atoms with van der Waals surface area (Å²) in [6.45, 7) is 7.17. The number of carbonyl (C=O) groups excluding carboxylic acids is 1. The molecule has 0 bridgehead atoms. The Balaban J connectivity index is 1.29. The lowest BCUT2D eigenvalue weighted by atomic mass is 9.98. The summed E-state index contributed by atoms with van der Waals surface area (Å²) in [6, 6.07) is 12.1. The van der Waals surface area contributed by atoms with Crippen LogP contribution in [0.2, 0.25) is 0 Å². The molecule has 1 aromatic heterocycles. The predicted molar refractivity (Wildman–Crippen MR) is 148 cm³/mol. The lowest BCUT2D eigenvalue weighted by molar-refractivity contribution is -0.143. The number of ether oxygens (including phenoxy) is 3. The lowest BCUT2D eigenvalue weighted by Crippen LogP contribution is -2.08. The fourth-order valence-electron chi connectivity index (χ4n) is 4.87. The van der Waals surface area contributed by atoms with Crippen molar-refractivity contribution in [3.8, 4) is 22.1 Å². The summed E-state index contributed by atoms with van der Waals surface area (Å²) < 4.78 is 17.2. The second-order valence-corrected chi connectivity index (χ2v) is 10.5. The molecule has 0 fully saturated rings. The van der Waals surface area contributed by atoms with Gasteiger partial charge in [-0.3, -0.25) is 4.79 Å². The summed E-state index contributed by atoms with van der Waals surface area (Å²) in [7, 11) is 0. The van der Waals surface area contributed by atoms with Gasteiger partial charge in [0.1, 0.15) is 21.4 Å². The van der Waals surface area contributed by atoms with Crippen molar-refractivity contribution in [3.63, 3.8) is 0 Å². The molecule has 0 amide bonds. The number of esters is 1. The highest BCUT2D eigenvalue weighted by atomic mass is 32.1. The Morgan fingerprint density at radius 2 is 1.92 bits per heavy atom. The number of rotatable bonds is 13. The molecule has 0 spiro atoms. The van der Waals surface area contributed by atoms with Crippen LogP contribution >= 0.6 is 11.3 Å². The summed E-state index contributed by atoms with van der Waals surface area (Å²) in [5.74, 6) is 0.839. The maximum absolute atomic E-state index is 11.9. The second-order valence-electron chi connectivity index (χ2n) is 9.47. The van der Waals surface area contributed by atoms with Gasteiger partial charge in [0.05, 0.1) is 31.9 Å². The molecule has 1 aliphatic carbocycles. The highest BCUT2D eigenvalue weighted by molar-refractivity contribution is 7.17. The van der Waals surface area contributed by atoms with Crippen molar-refractivity contribution in [2.45, 2.75) is 65.2 Å². The van der Waals surface area contributed by atoms with E-state index in [0.29, 0.717) is 36.9 Å². The van der Waals surface area contributed by atoms with E-state index in [1.54, 1.807) is 6.92 Å². The largest absolute Gasteiger partial charge is 0.493 e. The van der Waals surface area contributed by atoms with Gasteiger partial charge in [0.25, 0.3) is 0 Å². The van der Waals surface area contributed by atoms with Gasteiger partial charge in [-0.1, -0.05) is 19.4 Å². The molecule has 7 nitrogen and oxygen atoms in total. The number of benzene rings is 2. The number of hydrogen-bond donors (Lipinski definition) is 1. The van der Waals surface area contributed by atoms with Gasteiger partial charge in [0, 0.05) is 12.0 Å². The zero-order valence-corrected chi connectivity index (χ0v) is 23.1. The van der Waals surface area contributed by atoms with E-state index in [9.17, 15) is 14.7 Å². The number of carbonyl (C=O) groups is 2. The molecule has 0 saturated carbocycles. The number of carboxylic acids is 1. The summed E-state index contributed by atoms with van der Waals surface area (Å²) in [4.78, 5) is 28.0. The van der Waals surface area contributed by atoms with Crippen molar-refractivity contribution in [2.75, 3.05) is 19.8 Å². The highest BCUT2D eigenvalue weighted by Crippen LogP contribution is 2.37. The molecule has 0 aliphatic heterocycles. The van der Waals surface area contributed by atoms with Gasteiger partial charge < -0.3 is 19.3 Å². The third-order valence-corrected chi connectivity index (χ3v) is 7.86. The normalized spacial score (nSPS) is 14.2. The highest BCUT2D eigenvalue weighted by Gasteiger charge is 2.25. The van der Waals surface area contributed by atoms with Crippen LogP contribution in [0.4, 0.5) is 0 Å². The molecule has 1 N–H and O–H groups in total. The minimum absolute atomic E-state index is 0.131. The predicted octanol–water partition coefficient (Wildman–Crippen LogP) is 6.60. The molecule has 4 rings (SSSR count). The smallest absolute Gasteiger partial charge is 0.347 e. The number of fused-ring (bicyclic) bond motifs is 1. The fraction of sp³-hybridized carbons (Fsp3) is 0.433. The van der Waals surface area contributed by atoms with Crippen LogP contribution in [0.5, 0.6) is 11.5 Å². The van der Waals surface area contributed by atoms with E-state index in [2.05, 4.69) is 30.1 Å². The average Bonchev–Trinajstić information content (AvgIpc) is 3.48. The first-order valence-corrected chi connectivity index (χ1v) is 14.1.